The van der Waals surface area contributed by atoms with Gasteiger partial charge >= 0.3 is 0 Å². The molecule has 7 nitrogen and oxygen atoms in total. The van der Waals surface area contributed by atoms with E-state index in [2.05, 4.69) is 22.4 Å². The van der Waals surface area contributed by atoms with Crippen molar-refractivity contribution in [3.05, 3.63) is 39.5 Å². The number of amides is 1. The zero-order chi connectivity index (χ0) is 22.2. The molecule has 0 fully saturated rings. The van der Waals surface area contributed by atoms with Crippen molar-refractivity contribution in [3.8, 4) is 5.75 Å². The number of ether oxygens (including phenoxy) is 1. The summed E-state index contributed by atoms with van der Waals surface area (Å²) in [5, 5.41) is 14.2. The van der Waals surface area contributed by atoms with Gasteiger partial charge in [-0.05, 0) is 49.4 Å². The lowest BCUT2D eigenvalue weighted by Gasteiger charge is -2.11. The largest absolute Gasteiger partial charge is 0.495 e. The molecule has 32 heavy (non-hydrogen) atoms. The molecule has 5 rings (SSSR count). The summed E-state index contributed by atoms with van der Waals surface area (Å²) in [5.74, 6) is 1.48. The Morgan fingerprint density at radius 2 is 2.16 bits per heavy atom. The van der Waals surface area contributed by atoms with Crippen LogP contribution in [0.3, 0.4) is 0 Å². The number of carbonyl (C=O) groups excluding carboxylic acids is 1. The quantitative estimate of drug-likeness (QED) is 0.378. The molecule has 1 aliphatic rings. The minimum atomic E-state index is -0.174. The van der Waals surface area contributed by atoms with Crippen LogP contribution in [0, 0.1) is 0 Å². The highest BCUT2D eigenvalue weighted by Crippen LogP contribution is 2.38. The number of benzene rings is 1. The highest BCUT2D eigenvalue weighted by molar-refractivity contribution is 7.99. The van der Waals surface area contributed by atoms with Crippen LogP contribution in [0.25, 0.3) is 15.9 Å². The number of aromatic nitrogens is 4. The van der Waals surface area contributed by atoms with E-state index in [9.17, 15) is 4.79 Å². The second-order valence-corrected chi connectivity index (χ2v) is 10.1. The average Bonchev–Trinajstić information content (AvgIpc) is 3.38. The van der Waals surface area contributed by atoms with E-state index in [1.807, 2.05) is 4.40 Å². The fourth-order valence-corrected chi connectivity index (χ4v) is 6.32. The molecule has 4 aromatic rings. The third kappa shape index (κ3) is 3.82. The summed E-state index contributed by atoms with van der Waals surface area (Å²) in [4.78, 5) is 20.1. The lowest BCUT2D eigenvalue weighted by atomic mass is 9.97. The van der Waals surface area contributed by atoms with Crippen molar-refractivity contribution in [2.24, 2.45) is 0 Å². The molecule has 0 unspecified atom stereocenters. The second kappa shape index (κ2) is 8.88. The number of thioether (sulfide) groups is 1. The Morgan fingerprint density at radius 1 is 1.31 bits per heavy atom. The lowest BCUT2D eigenvalue weighted by molar-refractivity contribution is -0.113. The first-order chi connectivity index (χ1) is 15.6. The van der Waals surface area contributed by atoms with E-state index in [0.717, 1.165) is 41.0 Å². The fourth-order valence-electron chi connectivity index (χ4n) is 4.12. The van der Waals surface area contributed by atoms with Crippen molar-refractivity contribution in [2.45, 2.75) is 44.2 Å². The molecule has 166 valence electrons. The average molecular weight is 488 g/mol. The maximum Gasteiger partial charge on any atom is 0.234 e. The smallest absolute Gasteiger partial charge is 0.234 e. The Morgan fingerprint density at radius 3 is 2.97 bits per heavy atom. The summed E-state index contributed by atoms with van der Waals surface area (Å²) < 4.78 is 7.32. The van der Waals surface area contributed by atoms with Gasteiger partial charge in [0.1, 0.15) is 16.4 Å². The molecule has 0 saturated heterocycles. The molecule has 0 aliphatic heterocycles. The van der Waals surface area contributed by atoms with Gasteiger partial charge in [0.2, 0.25) is 5.91 Å². The van der Waals surface area contributed by atoms with Gasteiger partial charge in [0.05, 0.1) is 23.9 Å². The number of methoxy groups -OCH3 is 1. The predicted octanol–water partition coefficient (Wildman–Crippen LogP) is 5.17. The van der Waals surface area contributed by atoms with Crippen LogP contribution in [0.1, 0.15) is 36.0 Å². The van der Waals surface area contributed by atoms with Crippen molar-refractivity contribution >= 4 is 62.2 Å². The van der Waals surface area contributed by atoms with Crippen LogP contribution in [0.15, 0.2) is 23.4 Å². The number of nitrogens with one attached hydrogen (secondary N) is 1. The molecular formula is C22H22ClN5O2S2. The standard InChI is InChI=1S/C22H22ClN5O2S2/c1-3-17-25-21-19(13-6-4-5-7-16(13)32-21)20-26-27-22(28(17)20)31-11-18(29)24-14-10-12(23)8-9-15(14)30-2/h8-10H,3-7,11H2,1-2H3,(H,24,29). The van der Waals surface area contributed by atoms with E-state index >= 15 is 0 Å². The summed E-state index contributed by atoms with van der Waals surface area (Å²) in [6, 6.07) is 5.12. The second-order valence-electron chi connectivity index (χ2n) is 7.60. The monoisotopic (exact) mass is 487 g/mol. The van der Waals surface area contributed by atoms with Crippen LogP contribution >= 0.6 is 34.7 Å². The first kappa shape index (κ1) is 21.5. The highest BCUT2D eigenvalue weighted by atomic mass is 35.5. The van der Waals surface area contributed by atoms with Gasteiger partial charge in [-0.2, -0.15) is 0 Å². The van der Waals surface area contributed by atoms with Crippen molar-refractivity contribution in [2.75, 3.05) is 18.2 Å². The Hall–Kier alpha value is -2.36. The lowest BCUT2D eigenvalue weighted by Crippen LogP contribution is -2.15. The topological polar surface area (TPSA) is 81.4 Å². The normalized spacial score (nSPS) is 13.5. The number of hydrogen-bond acceptors (Lipinski definition) is 7. The highest BCUT2D eigenvalue weighted by Gasteiger charge is 2.23. The summed E-state index contributed by atoms with van der Waals surface area (Å²) in [7, 11) is 1.55. The minimum Gasteiger partial charge on any atom is -0.495 e. The number of fused-ring (bicyclic) bond motifs is 5. The summed E-state index contributed by atoms with van der Waals surface area (Å²) in [5.41, 5.74) is 2.77. The Balaban J connectivity index is 1.44. The Bertz CT molecular complexity index is 1330. The van der Waals surface area contributed by atoms with E-state index in [4.69, 9.17) is 21.3 Å². The van der Waals surface area contributed by atoms with Crippen LogP contribution in [0.2, 0.25) is 5.02 Å². The number of anilines is 1. The Kier molecular flexibility index (Phi) is 5.96. The van der Waals surface area contributed by atoms with Gasteiger partial charge in [0.25, 0.3) is 0 Å². The van der Waals surface area contributed by atoms with Gasteiger partial charge in [-0.15, -0.1) is 21.5 Å². The summed E-state index contributed by atoms with van der Waals surface area (Å²) in [6.07, 6.45) is 5.37. The molecule has 1 aromatic carbocycles. The molecule has 0 radical (unpaired) electrons. The zero-order valence-electron chi connectivity index (χ0n) is 17.8. The predicted molar refractivity (Wildman–Crippen MR) is 130 cm³/mol. The molecule has 3 aromatic heterocycles. The van der Waals surface area contributed by atoms with Crippen molar-refractivity contribution in [1.82, 2.24) is 19.6 Å². The SMILES string of the molecule is CCc1nc2sc3c(c2c2nnc(SCC(=O)Nc4cc(Cl)ccc4OC)n12)CCCC3. The number of rotatable bonds is 6. The molecule has 1 aliphatic carbocycles. The van der Waals surface area contributed by atoms with Gasteiger partial charge in [-0.3, -0.25) is 9.20 Å². The Labute approximate surface area is 198 Å². The number of hydrogen-bond donors (Lipinski definition) is 1. The number of aryl methyl sites for hydroxylation is 3. The molecule has 0 atom stereocenters. The zero-order valence-corrected chi connectivity index (χ0v) is 20.2. The van der Waals surface area contributed by atoms with Crippen molar-refractivity contribution in [3.63, 3.8) is 0 Å². The number of carbonyl (C=O) groups is 1. The van der Waals surface area contributed by atoms with Crippen LogP contribution in [-0.4, -0.2) is 38.4 Å². The van der Waals surface area contributed by atoms with E-state index in [1.165, 1.54) is 35.0 Å². The number of halogens is 1. The van der Waals surface area contributed by atoms with Gasteiger partial charge in [-0.1, -0.05) is 30.3 Å². The van der Waals surface area contributed by atoms with E-state index in [0.29, 0.717) is 21.6 Å². The van der Waals surface area contributed by atoms with Crippen LogP contribution < -0.4 is 10.1 Å². The minimum absolute atomic E-state index is 0.174. The van der Waals surface area contributed by atoms with Gasteiger partial charge < -0.3 is 10.1 Å². The van der Waals surface area contributed by atoms with Crippen LogP contribution in [-0.2, 0) is 24.1 Å². The van der Waals surface area contributed by atoms with E-state index in [1.54, 1.807) is 36.6 Å². The molecule has 0 bridgehead atoms. The van der Waals surface area contributed by atoms with Gasteiger partial charge in [0, 0.05) is 16.3 Å². The van der Waals surface area contributed by atoms with Crippen molar-refractivity contribution < 1.29 is 9.53 Å². The van der Waals surface area contributed by atoms with E-state index in [-0.39, 0.29) is 11.7 Å². The maximum absolute atomic E-state index is 12.6. The van der Waals surface area contributed by atoms with Gasteiger partial charge in [0.15, 0.2) is 10.8 Å². The third-order valence-corrected chi connectivity index (χ3v) is 7.93. The number of nitrogens with zero attached hydrogens (tertiary/aromatic N) is 4. The van der Waals surface area contributed by atoms with Crippen molar-refractivity contribution in [1.29, 1.82) is 0 Å². The molecule has 1 N–H and O–H groups in total. The summed E-state index contributed by atoms with van der Waals surface area (Å²) >= 11 is 9.20. The van der Waals surface area contributed by atoms with Gasteiger partial charge in [-0.25, -0.2) is 4.98 Å². The third-order valence-electron chi connectivity index (χ3n) is 5.58. The molecule has 0 saturated carbocycles. The first-order valence-electron chi connectivity index (χ1n) is 10.5. The molecule has 10 heteroatoms. The molecule has 1 amide bonds. The number of thiophene rings is 1. The fraction of sp³-hybridized carbons (Fsp3) is 0.364. The van der Waals surface area contributed by atoms with Crippen LogP contribution in [0.4, 0.5) is 5.69 Å². The van der Waals surface area contributed by atoms with Crippen LogP contribution in [0.5, 0.6) is 5.75 Å². The summed E-state index contributed by atoms with van der Waals surface area (Å²) in [6.45, 7) is 2.08. The van der Waals surface area contributed by atoms with E-state index < -0.39 is 0 Å². The maximum atomic E-state index is 12.6. The molecular weight excluding hydrogens is 466 g/mol. The molecule has 3 heterocycles. The first-order valence-corrected chi connectivity index (χ1v) is 12.7. The molecule has 0 spiro atoms.